The minimum atomic E-state index is -0.484. The third kappa shape index (κ3) is 3.98. The normalized spacial score (nSPS) is 21.2. The molecule has 0 aliphatic carbocycles. The lowest BCUT2D eigenvalue weighted by molar-refractivity contribution is 0.0200. The number of carbonyl (C=O) groups excluding carboxylic acids is 1. The lowest BCUT2D eigenvalue weighted by atomic mass is 10.1. The minimum Gasteiger partial charge on any atom is -0.444 e. The van der Waals surface area contributed by atoms with E-state index in [1.807, 2.05) is 20.8 Å². The van der Waals surface area contributed by atoms with Crippen LogP contribution in [0, 0.1) is 0 Å². The van der Waals surface area contributed by atoms with E-state index in [4.69, 9.17) is 10.3 Å². The van der Waals surface area contributed by atoms with E-state index >= 15 is 0 Å². The highest BCUT2D eigenvalue weighted by molar-refractivity contribution is 5.68. The molecule has 0 N–H and O–H groups in total. The maximum Gasteiger partial charge on any atom is 0.410 e. The third-order valence-electron chi connectivity index (χ3n) is 2.26. The fourth-order valence-electron chi connectivity index (χ4n) is 1.61. The summed E-state index contributed by atoms with van der Waals surface area (Å²) in [4.78, 5) is 16.1. The van der Waals surface area contributed by atoms with Crippen LogP contribution in [0.15, 0.2) is 5.11 Å². The standard InChI is InChI=1S/C10H18N4O2/c1-10(2,3)16-9(15)14-6-4-5-8(7-14)12-13-11/h8H,4-7H2,1-3H3. The molecule has 0 aromatic rings. The summed E-state index contributed by atoms with van der Waals surface area (Å²) in [6, 6.07) is -0.119. The van der Waals surface area contributed by atoms with Crippen molar-refractivity contribution < 1.29 is 9.53 Å². The lowest BCUT2D eigenvalue weighted by Crippen LogP contribution is -2.44. The smallest absolute Gasteiger partial charge is 0.410 e. The summed E-state index contributed by atoms with van der Waals surface area (Å²) in [6.07, 6.45) is 1.36. The Balaban J connectivity index is 2.53. The first kappa shape index (κ1) is 12.6. The highest BCUT2D eigenvalue weighted by atomic mass is 16.6. The van der Waals surface area contributed by atoms with Gasteiger partial charge in [-0.15, -0.1) is 0 Å². The van der Waals surface area contributed by atoms with Crippen molar-refractivity contribution in [2.45, 2.75) is 45.3 Å². The number of nitrogens with zero attached hydrogens (tertiary/aromatic N) is 4. The topological polar surface area (TPSA) is 78.3 Å². The van der Waals surface area contributed by atoms with E-state index in [1.165, 1.54) is 0 Å². The summed E-state index contributed by atoms with van der Waals surface area (Å²) < 4.78 is 5.26. The van der Waals surface area contributed by atoms with Crippen molar-refractivity contribution in [3.63, 3.8) is 0 Å². The Labute approximate surface area is 95.2 Å². The fraction of sp³-hybridized carbons (Fsp3) is 0.900. The molecule has 6 heteroatoms. The van der Waals surface area contributed by atoms with E-state index in [-0.39, 0.29) is 12.1 Å². The first-order valence-corrected chi connectivity index (χ1v) is 5.44. The molecule has 0 spiro atoms. The summed E-state index contributed by atoms with van der Waals surface area (Å²) in [6.45, 7) is 6.63. The van der Waals surface area contributed by atoms with Gasteiger partial charge in [0.1, 0.15) is 5.60 Å². The van der Waals surface area contributed by atoms with Crippen LogP contribution < -0.4 is 0 Å². The Kier molecular flexibility index (Phi) is 4.01. The molecule has 1 aliphatic heterocycles. The lowest BCUT2D eigenvalue weighted by Gasteiger charge is -2.32. The highest BCUT2D eigenvalue weighted by Gasteiger charge is 2.26. The third-order valence-corrected chi connectivity index (χ3v) is 2.26. The molecule has 0 saturated carbocycles. The van der Waals surface area contributed by atoms with Crippen LogP contribution in [-0.4, -0.2) is 35.7 Å². The molecule has 0 bridgehead atoms. The number of piperidine rings is 1. The van der Waals surface area contributed by atoms with Crippen LogP contribution in [0.5, 0.6) is 0 Å². The molecule has 0 aromatic carbocycles. The zero-order valence-corrected chi connectivity index (χ0v) is 10.0. The van der Waals surface area contributed by atoms with Crippen LogP contribution in [0.2, 0.25) is 0 Å². The number of amides is 1. The Bertz CT molecular complexity index is 304. The van der Waals surface area contributed by atoms with Gasteiger partial charge in [-0.25, -0.2) is 4.79 Å². The number of carbonyl (C=O) groups is 1. The molecule has 16 heavy (non-hydrogen) atoms. The molecular formula is C10H18N4O2. The number of hydrogen-bond acceptors (Lipinski definition) is 3. The largest absolute Gasteiger partial charge is 0.444 e. The average molecular weight is 226 g/mol. The molecule has 1 unspecified atom stereocenters. The quantitative estimate of drug-likeness (QED) is 0.391. The molecule has 1 atom stereocenters. The van der Waals surface area contributed by atoms with Crippen LogP contribution in [-0.2, 0) is 4.74 Å². The fourth-order valence-corrected chi connectivity index (χ4v) is 1.61. The first-order valence-electron chi connectivity index (χ1n) is 5.44. The molecule has 1 amide bonds. The predicted octanol–water partition coefficient (Wildman–Crippen LogP) is 2.70. The molecular weight excluding hydrogens is 208 g/mol. The Hall–Kier alpha value is -1.42. The van der Waals surface area contributed by atoms with Crippen LogP contribution in [0.3, 0.4) is 0 Å². The van der Waals surface area contributed by atoms with Crippen LogP contribution in [0.25, 0.3) is 10.4 Å². The highest BCUT2D eigenvalue weighted by Crippen LogP contribution is 2.17. The van der Waals surface area contributed by atoms with Crippen molar-refractivity contribution >= 4 is 6.09 Å². The summed E-state index contributed by atoms with van der Waals surface area (Å²) in [7, 11) is 0. The van der Waals surface area contributed by atoms with E-state index in [2.05, 4.69) is 10.0 Å². The zero-order chi connectivity index (χ0) is 12.2. The molecule has 1 rings (SSSR count). The van der Waals surface area contributed by atoms with Gasteiger partial charge >= 0.3 is 6.09 Å². The number of azide groups is 1. The van der Waals surface area contributed by atoms with Crippen molar-refractivity contribution in [3.05, 3.63) is 10.4 Å². The summed E-state index contributed by atoms with van der Waals surface area (Å²) >= 11 is 0. The van der Waals surface area contributed by atoms with Crippen LogP contribution in [0.4, 0.5) is 4.79 Å². The van der Waals surface area contributed by atoms with Gasteiger partial charge in [0, 0.05) is 18.0 Å². The monoisotopic (exact) mass is 226 g/mol. The van der Waals surface area contributed by atoms with Gasteiger partial charge in [-0.3, -0.25) is 0 Å². The molecule has 6 nitrogen and oxygen atoms in total. The van der Waals surface area contributed by atoms with Crippen molar-refractivity contribution in [3.8, 4) is 0 Å². The Morgan fingerprint density at radius 3 is 2.81 bits per heavy atom. The summed E-state index contributed by atoms with van der Waals surface area (Å²) in [5.41, 5.74) is 7.87. The van der Waals surface area contributed by atoms with E-state index in [1.54, 1.807) is 4.90 Å². The molecule has 1 saturated heterocycles. The van der Waals surface area contributed by atoms with Gasteiger partial charge in [-0.1, -0.05) is 5.11 Å². The Morgan fingerprint density at radius 2 is 2.25 bits per heavy atom. The second-order valence-corrected chi connectivity index (χ2v) is 4.93. The number of ether oxygens (including phenoxy) is 1. The van der Waals surface area contributed by atoms with Gasteiger partial charge in [0.05, 0.1) is 6.04 Å². The van der Waals surface area contributed by atoms with Gasteiger partial charge in [0.15, 0.2) is 0 Å². The molecule has 1 fully saturated rings. The van der Waals surface area contributed by atoms with Gasteiger partial charge in [-0.2, -0.15) is 0 Å². The van der Waals surface area contributed by atoms with E-state index in [0.29, 0.717) is 13.1 Å². The number of hydrogen-bond donors (Lipinski definition) is 0. The second-order valence-electron chi connectivity index (χ2n) is 4.93. The maximum atomic E-state index is 11.7. The molecule has 0 aromatic heterocycles. The first-order chi connectivity index (χ1) is 7.42. The molecule has 90 valence electrons. The van der Waals surface area contributed by atoms with Gasteiger partial charge in [0.25, 0.3) is 0 Å². The summed E-state index contributed by atoms with van der Waals surface area (Å²) in [5, 5.41) is 3.64. The van der Waals surface area contributed by atoms with E-state index in [0.717, 1.165) is 12.8 Å². The zero-order valence-electron chi connectivity index (χ0n) is 10.0. The maximum absolute atomic E-state index is 11.7. The molecule has 1 heterocycles. The van der Waals surface area contributed by atoms with Gasteiger partial charge in [-0.05, 0) is 39.1 Å². The van der Waals surface area contributed by atoms with Crippen molar-refractivity contribution in [1.82, 2.24) is 4.90 Å². The van der Waals surface area contributed by atoms with Crippen molar-refractivity contribution in [1.29, 1.82) is 0 Å². The Morgan fingerprint density at radius 1 is 1.56 bits per heavy atom. The molecule has 0 radical (unpaired) electrons. The van der Waals surface area contributed by atoms with Crippen molar-refractivity contribution in [2.75, 3.05) is 13.1 Å². The van der Waals surface area contributed by atoms with E-state index in [9.17, 15) is 4.79 Å². The number of rotatable bonds is 1. The predicted molar refractivity (Wildman–Crippen MR) is 60.0 cm³/mol. The van der Waals surface area contributed by atoms with Crippen molar-refractivity contribution in [2.24, 2.45) is 5.11 Å². The molecule has 1 aliphatic rings. The van der Waals surface area contributed by atoms with Gasteiger partial charge < -0.3 is 9.64 Å². The minimum absolute atomic E-state index is 0.119. The summed E-state index contributed by atoms with van der Waals surface area (Å²) in [5.74, 6) is 0. The second kappa shape index (κ2) is 5.07. The number of likely N-dealkylation sites (tertiary alicyclic amines) is 1. The van der Waals surface area contributed by atoms with Gasteiger partial charge in [0.2, 0.25) is 0 Å². The van der Waals surface area contributed by atoms with E-state index < -0.39 is 5.60 Å². The SMILES string of the molecule is CC(C)(C)OC(=O)N1CCCC(N=[N+]=[N-])C1. The van der Waals surface area contributed by atoms with Crippen LogP contribution >= 0.6 is 0 Å². The van der Waals surface area contributed by atoms with Crippen LogP contribution in [0.1, 0.15) is 33.6 Å². The average Bonchev–Trinajstić information content (AvgIpc) is 2.16.